The Morgan fingerprint density at radius 2 is 1.86 bits per heavy atom. The normalized spacial score (nSPS) is 13.6. The number of guanidine groups is 1. The van der Waals surface area contributed by atoms with Crippen LogP contribution in [0.4, 0.5) is 0 Å². The summed E-state index contributed by atoms with van der Waals surface area (Å²) in [7, 11) is 3.08. The predicted molar refractivity (Wildman–Crippen MR) is 52.6 cm³/mol. The minimum absolute atomic E-state index is 0.139. The fourth-order valence-electron chi connectivity index (χ4n) is 0.817. The van der Waals surface area contributed by atoms with Gasteiger partial charge in [-0.15, -0.1) is 0 Å². The van der Waals surface area contributed by atoms with Crippen LogP contribution < -0.4 is 10.6 Å². The van der Waals surface area contributed by atoms with E-state index in [9.17, 15) is 10.1 Å². The van der Waals surface area contributed by atoms with E-state index in [4.69, 9.17) is 4.74 Å². The predicted octanol–water partition coefficient (Wildman–Crippen LogP) is -0.230. The second-order valence-electron chi connectivity index (χ2n) is 2.51. The van der Waals surface area contributed by atoms with Gasteiger partial charge < -0.3 is 15.4 Å². The van der Waals surface area contributed by atoms with Crippen molar-refractivity contribution < 1.29 is 9.77 Å². The summed E-state index contributed by atoms with van der Waals surface area (Å²) in [4.78, 5) is 9.67. The molecule has 0 unspecified atom stereocenters. The molecule has 1 saturated heterocycles. The van der Waals surface area contributed by atoms with Crippen LogP contribution in [0.5, 0.6) is 0 Å². The molecule has 14 heavy (non-hydrogen) atoms. The van der Waals surface area contributed by atoms with Crippen LogP contribution in [0.25, 0.3) is 0 Å². The van der Waals surface area contributed by atoms with Crippen LogP contribution in [0.2, 0.25) is 0 Å². The lowest BCUT2D eigenvalue weighted by atomic mass is 10.4. The highest BCUT2D eigenvalue weighted by Crippen LogP contribution is 1.98. The van der Waals surface area contributed by atoms with Crippen LogP contribution in [0.1, 0.15) is 12.8 Å². The Bertz CT molecular complexity index is 178. The van der Waals surface area contributed by atoms with E-state index in [1.807, 2.05) is 0 Å². The van der Waals surface area contributed by atoms with Gasteiger partial charge in [-0.3, -0.25) is 0 Å². The molecule has 1 aliphatic rings. The van der Waals surface area contributed by atoms with Gasteiger partial charge in [-0.1, -0.05) is 0 Å². The third-order valence-electron chi connectivity index (χ3n) is 1.48. The third kappa shape index (κ3) is 7.29. The minimum atomic E-state index is -0.775. The van der Waals surface area contributed by atoms with Gasteiger partial charge in [0.05, 0.1) is 0 Å². The topological polar surface area (TPSA) is 88.8 Å². The molecule has 82 valence electrons. The number of ether oxygens (including phenoxy) is 1. The fraction of sp³-hybridized carbons (Fsp3) is 0.857. The van der Waals surface area contributed by atoms with Crippen molar-refractivity contribution in [2.75, 3.05) is 27.3 Å². The number of hydrazone groups is 1. The molecular formula is C7H16N4O3. The molecule has 0 aromatic carbocycles. The average molecular weight is 204 g/mol. The molecule has 0 atom stereocenters. The molecule has 7 heteroatoms. The first-order valence-electron chi connectivity index (χ1n) is 4.37. The fourth-order valence-corrected chi connectivity index (χ4v) is 0.817. The highest BCUT2D eigenvalue weighted by molar-refractivity contribution is 5.78. The summed E-state index contributed by atoms with van der Waals surface area (Å²) in [5.74, 6) is 0.139. The standard InChI is InChI=1S/C4H8O.C3H8N4O2/c1-2-4-5-3-1;1-4-3(5-2)6-7(8)9/h1-4H2;1-2H3,(H2,4,5,6). The Morgan fingerprint density at radius 3 is 2.00 bits per heavy atom. The third-order valence-corrected chi connectivity index (χ3v) is 1.48. The van der Waals surface area contributed by atoms with E-state index in [1.54, 1.807) is 14.1 Å². The molecular weight excluding hydrogens is 188 g/mol. The van der Waals surface area contributed by atoms with Crippen LogP contribution in [-0.2, 0) is 4.74 Å². The number of hydrogen-bond acceptors (Lipinski definition) is 3. The summed E-state index contributed by atoms with van der Waals surface area (Å²) < 4.78 is 4.94. The Morgan fingerprint density at radius 1 is 1.36 bits per heavy atom. The summed E-state index contributed by atoms with van der Waals surface area (Å²) in [6.07, 6.45) is 2.56. The van der Waals surface area contributed by atoms with Gasteiger partial charge in [0, 0.05) is 27.3 Å². The van der Waals surface area contributed by atoms with E-state index in [-0.39, 0.29) is 5.96 Å². The Balaban J connectivity index is 0.000000280. The zero-order valence-corrected chi connectivity index (χ0v) is 8.45. The lowest BCUT2D eigenvalue weighted by molar-refractivity contribution is -0.485. The van der Waals surface area contributed by atoms with E-state index >= 15 is 0 Å². The first kappa shape index (κ1) is 12.6. The van der Waals surface area contributed by atoms with Crippen molar-refractivity contribution in [3.8, 4) is 0 Å². The zero-order chi connectivity index (χ0) is 10.8. The quantitative estimate of drug-likeness (QED) is 0.266. The molecule has 0 saturated carbocycles. The van der Waals surface area contributed by atoms with Crippen LogP contribution >= 0.6 is 0 Å². The maximum Gasteiger partial charge on any atom is 0.268 e. The van der Waals surface area contributed by atoms with Gasteiger partial charge in [0.2, 0.25) is 0 Å². The van der Waals surface area contributed by atoms with E-state index in [0.29, 0.717) is 0 Å². The molecule has 0 radical (unpaired) electrons. The van der Waals surface area contributed by atoms with E-state index in [0.717, 1.165) is 13.2 Å². The molecule has 7 nitrogen and oxygen atoms in total. The van der Waals surface area contributed by atoms with E-state index in [2.05, 4.69) is 15.7 Å². The SMILES string of the molecule is C1CCOC1.CNC(=N[N+](=O)[O-])NC. The van der Waals surface area contributed by atoms with E-state index < -0.39 is 5.03 Å². The van der Waals surface area contributed by atoms with E-state index in [1.165, 1.54) is 12.8 Å². The molecule has 0 aromatic rings. The van der Waals surface area contributed by atoms with Crippen LogP contribution in [-0.4, -0.2) is 38.3 Å². The smallest absolute Gasteiger partial charge is 0.268 e. The highest BCUT2D eigenvalue weighted by atomic mass is 16.7. The van der Waals surface area contributed by atoms with Gasteiger partial charge in [0.15, 0.2) is 5.03 Å². The second-order valence-corrected chi connectivity index (χ2v) is 2.51. The highest BCUT2D eigenvalue weighted by Gasteiger charge is 1.95. The Hall–Kier alpha value is -1.37. The number of nitrogens with zero attached hydrogens (tertiary/aromatic N) is 2. The van der Waals surface area contributed by atoms with Gasteiger partial charge in [-0.25, -0.2) is 10.1 Å². The molecule has 1 rings (SSSR count). The van der Waals surface area contributed by atoms with Crippen molar-refractivity contribution >= 4 is 5.96 Å². The zero-order valence-electron chi connectivity index (χ0n) is 8.45. The Labute approximate surface area is 82.7 Å². The summed E-state index contributed by atoms with van der Waals surface area (Å²) in [6.45, 7) is 2.00. The minimum Gasteiger partial charge on any atom is -0.381 e. The molecule has 0 amide bonds. The molecule has 2 N–H and O–H groups in total. The van der Waals surface area contributed by atoms with Crippen molar-refractivity contribution in [2.45, 2.75) is 12.8 Å². The van der Waals surface area contributed by atoms with Gasteiger partial charge in [-0.2, -0.15) is 0 Å². The lowest BCUT2D eigenvalue weighted by Crippen LogP contribution is -2.32. The average Bonchev–Trinajstić information content (AvgIpc) is 2.71. The Kier molecular flexibility index (Phi) is 7.43. The summed E-state index contributed by atoms with van der Waals surface area (Å²) >= 11 is 0. The van der Waals surface area contributed by atoms with Crippen molar-refractivity contribution in [3.63, 3.8) is 0 Å². The number of rotatable bonds is 1. The summed E-state index contributed by atoms with van der Waals surface area (Å²) in [6, 6.07) is 0. The van der Waals surface area contributed by atoms with Gasteiger partial charge >= 0.3 is 0 Å². The molecule has 1 fully saturated rings. The van der Waals surface area contributed by atoms with Crippen molar-refractivity contribution in [2.24, 2.45) is 5.10 Å². The molecule has 0 spiro atoms. The first-order valence-corrected chi connectivity index (χ1v) is 4.37. The monoisotopic (exact) mass is 204 g/mol. The maximum atomic E-state index is 9.67. The van der Waals surface area contributed by atoms with Crippen molar-refractivity contribution in [3.05, 3.63) is 10.1 Å². The molecule has 1 heterocycles. The molecule has 0 aromatic heterocycles. The van der Waals surface area contributed by atoms with Gasteiger partial charge in [0.25, 0.3) is 5.96 Å². The molecule has 0 aliphatic carbocycles. The first-order chi connectivity index (χ1) is 6.70. The molecule has 0 bridgehead atoms. The second kappa shape index (κ2) is 8.24. The van der Waals surface area contributed by atoms with Gasteiger partial charge in [0.1, 0.15) is 5.10 Å². The van der Waals surface area contributed by atoms with Gasteiger partial charge in [-0.05, 0) is 12.8 Å². The lowest BCUT2D eigenvalue weighted by Gasteiger charge is -1.95. The van der Waals surface area contributed by atoms with Crippen LogP contribution in [0.15, 0.2) is 5.10 Å². The van der Waals surface area contributed by atoms with Crippen molar-refractivity contribution in [1.82, 2.24) is 10.6 Å². The van der Waals surface area contributed by atoms with Crippen LogP contribution in [0.3, 0.4) is 0 Å². The largest absolute Gasteiger partial charge is 0.381 e. The summed E-state index contributed by atoms with van der Waals surface area (Å²) in [5, 5.41) is 16.8. The number of nitro groups is 1. The molecule has 1 aliphatic heterocycles. The maximum absolute atomic E-state index is 9.67. The number of nitrogens with one attached hydrogen (secondary N) is 2. The number of hydrogen-bond donors (Lipinski definition) is 2. The van der Waals surface area contributed by atoms with Crippen LogP contribution in [0, 0.1) is 10.1 Å². The van der Waals surface area contributed by atoms with Crippen molar-refractivity contribution in [1.29, 1.82) is 0 Å². The summed E-state index contributed by atoms with van der Waals surface area (Å²) in [5.41, 5.74) is 0.